The van der Waals surface area contributed by atoms with Gasteiger partial charge in [-0.2, -0.15) is 25.3 Å². The van der Waals surface area contributed by atoms with Gasteiger partial charge in [0.15, 0.2) is 0 Å². The molecule has 1 heterocycles. The zero-order chi connectivity index (χ0) is 6.74. The number of hydrogen-bond acceptors (Lipinski definition) is 4. The summed E-state index contributed by atoms with van der Waals surface area (Å²) in [6.07, 6.45) is 0. The van der Waals surface area contributed by atoms with Gasteiger partial charge in [0, 0.05) is 16.9 Å². The van der Waals surface area contributed by atoms with Crippen LogP contribution in [0.3, 0.4) is 0 Å². The van der Waals surface area contributed by atoms with E-state index in [4.69, 9.17) is 0 Å². The minimum absolute atomic E-state index is 0.432. The van der Waals surface area contributed by atoms with Crippen molar-refractivity contribution < 1.29 is 0 Å². The van der Waals surface area contributed by atoms with Crippen LogP contribution < -0.4 is 0 Å². The first-order chi connectivity index (χ1) is 4.33. The molecule has 1 saturated heterocycles. The van der Waals surface area contributed by atoms with E-state index in [1.165, 1.54) is 11.5 Å². The minimum Gasteiger partial charge on any atom is -0.179 e. The normalized spacial score (nSPS) is 24.7. The molecule has 4 heteroatoms. The molecule has 0 aromatic heterocycles. The van der Waals surface area contributed by atoms with Gasteiger partial charge in [-0.25, -0.2) is 0 Å². The van der Waals surface area contributed by atoms with Crippen molar-refractivity contribution in [2.24, 2.45) is 5.41 Å². The highest BCUT2D eigenvalue weighted by Gasteiger charge is 2.32. The molecule has 0 bridgehead atoms. The summed E-state index contributed by atoms with van der Waals surface area (Å²) in [5.74, 6) is 4.42. The highest BCUT2D eigenvalue weighted by Crippen LogP contribution is 2.44. The monoisotopic (exact) mass is 198 g/mol. The van der Waals surface area contributed by atoms with Crippen molar-refractivity contribution in [2.45, 2.75) is 0 Å². The lowest BCUT2D eigenvalue weighted by atomic mass is 9.99. The Morgan fingerprint density at radius 2 is 1.56 bits per heavy atom. The van der Waals surface area contributed by atoms with Crippen LogP contribution in [-0.4, -0.2) is 23.0 Å². The lowest BCUT2D eigenvalue weighted by Crippen LogP contribution is -2.27. The topological polar surface area (TPSA) is 0 Å². The van der Waals surface area contributed by atoms with Crippen molar-refractivity contribution in [3.8, 4) is 0 Å². The highest BCUT2D eigenvalue weighted by molar-refractivity contribution is 8.77. The average molecular weight is 198 g/mol. The van der Waals surface area contributed by atoms with E-state index in [-0.39, 0.29) is 0 Å². The first-order valence-corrected chi connectivity index (χ1v) is 6.54. The largest absolute Gasteiger partial charge is 0.179 e. The molecule has 0 N–H and O–H groups in total. The SMILES string of the molecule is SCC1(CS)CSSC1. The zero-order valence-corrected chi connectivity index (χ0v) is 8.46. The Hall–Kier alpha value is 1.40. The molecule has 54 valence electrons. The van der Waals surface area contributed by atoms with E-state index in [1.54, 1.807) is 0 Å². The molecule has 0 amide bonds. The smallest absolute Gasteiger partial charge is 0.0117 e. The van der Waals surface area contributed by atoms with Crippen molar-refractivity contribution in [1.29, 1.82) is 0 Å². The van der Waals surface area contributed by atoms with E-state index >= 15 is 0 Å². The number of thiol groups is 2. The van der Waals surface area contributed by atoms with Crippen LogP contribution in [0.2, 0.25) is 0 Å². The predicted molar refractivity (Wildman–Crippen MR) is 55.1 cm³/mol. The standard InChI is InChI=1S/C5H10S4/c6-1-5(2-7)3-8-9-4-5/h6-7H,1-4H2. The second-order valence-corrected chi connectivity index (χ2v) is 5.44. The zero-order valence-electron chi connectivity index (χ0n) is 5.04. The molecule has 1 aliphatic heterocycles. The van der Waals surface area contributed by atoms with Crippen molar-refractivity contribution in [3.63, 3.8) is 0 Å². The first-order valence-electron chi connectivity index (χ1n) is 2.79. The summed E-state index contributed by atoms with van der Waals surface area (Å²) < 4.78 is 0. The van der Waals surface area contributed by atoms with Gasteiger partial charge in [-0.1, -0.05) is 21.6 Å². The summed E-state index contributed by atoms with van der Waals surface area (Å²) in [6, 6.07) is 0. The Morgan fingerprint density at radius 3 is 1.78 bits per heavy atom. The minimum atomic E-state index is 0.432. The molecule has 0 aliphatic carbocycles. The van der Waals surface area contributed by atoms with Crippen LogP contribution in [0.4, 0.5) is 0 Å². The number of rotatable bonds is 2. The van der Waals surface area contributed by atoms with E-state index in [2.05, 4.69) is 25.3 Å². The summed E-state index contributed by atoms with van der Waals surface area (Å²) in [5.41, 5.74) is 0.432. The summed E-state index contributed by atoms with van der Waals surface area (Å²) in [5, 5.41) is 0. The average Bonchev–Trinajstić information content (AvgIpc) is 2.36. The van der Waals surface area contributed by atoms with Gasteiger partial charge < -0.3 is 0 Å². The van der Waals surface area contributed by atoms with E-state index in [1.807, 2.05) is 21.6 Å². The van der Waals surface area contributed by atoms with E-state index < -0.39 is 0 Å². The number of hydrogen-bond donors (Lipinski definition) is 2. The van der Waals surface area contributed by atoms with Gasteiger partial charge in [0.2, 0.25) is 0 Å². The second-order valence-electron chi connectivity index (χ2n) is 2.34. The fourth-order valence-electron chi connectivity index (χ4n) is 0.608. The third kappa shape index (κ3) is 1.91. The molecule has 9 heavy (non-hydrogen) atoms. The molecule has 0 saturated carbocycles. The molecule has 0 unspecified atom stereocenters. The molecule has 0 atom stereocenters. The molecule has 1 aliphatic rings. The second kappa shape index (κ2) is 3.69. The van der Waals surface area contributed by atoms with Gasteiger partial charge in [0.05, 0.1) is 0 Å². The molecule has 1 fully saturated rings. The molecule has 0 aromatic rings. The lowest BCUT2D eigenvalue weighted by molar-refractivity contribution is 0.526. The molecular weight excluding hydrogens is 188 g/mol. The molecule has 0 nitrogen and oxygen atoms in total. The highest BCUT2D eigenvalue weighted by atomic mass is 33.1. The Kier molecular flexibility index (Phi) is 3.49. The van der Waals surface area contributed by atoms with E-state index in [0.717, 1.165) is 11.5 Å². The molecular formula is C5H10S4. The molecule has 0 spiro atoms. The summed E-state index contributed by atoms with van der Waals surface area (Å²) in [4.78, 5) is 0. The van der Waals surface area contributed by atoms with Gasteiger partial charge in [-0.15, -0.1) is 0 Å². The Balaban J connectivity index is 2.45. The fraction of sp³-hybridized carbons (Fsp3) is 1.00. The van der Waals surface area contributed by atoms with Crippen LogP contribution in [0.25, 0.3) is 0 Å². The lowest BCUT2D eigenvalue weighted by Gasteiger charge is -2.21. The van der Waals surface area contributed by atoms with Gasteiger partial charge in [0.25, 0.3) is 0 Å². The van der Waals surface area contributed by atoms with Gasteiger partial charge >= 0.3 is 0 Å². The van der Waals surface area contributed by atoms with Crippen LogP contribution in [0.5, 0.6) is 0 Å². The van der Waals surface area contributed by atoms with Crippen LogP contribution >= 0.6 is 46.8 Å². The summed E-state index contributed by atoms with van der Waals surface area (Å²) >= 11 is 8.61. The summed E-state index contributed by atoms with van der Waals surface area (Å²) in [7, 11) is 3.90. The van der Waals surface area contributed by atoms with Crippen LogP contribution in [0, 0.1) is 5.41 Å². The van der Waals surface area contributed by atoms with Crippen molar-refractivity contribution in [3.05, 3.63) is 0 Å². The molecule has 0 radical (unpaired) electrons. The third-order valence-corrected chi connectivity index (χ3v) is 5.66. The van der Waals surface area contributed by atoms with Crippen molar-refractivity contribution in [2.75, 3.05) is 23.0 Å². The van der Waals surface area contributed by atoms with Crippen LogP contribution in [-0.2, 0) is 0 Å². The van der Waals surface area contributed by atoms with Gasteiger partial charge in [-0.05, 0) is 11.5 Å². The van der Waals surface area contributed by atoms with Crippen LogP contribution in [0.15, 0.2) is 0 Å². The predicted octanol–water partition coefficient (Wildman–Crippen LogP) is 2.23. The third-order valence-electron chi connectivity index (χ3n) is 1.48. The maximum absolute atomic E-state index is 4.31. The van der Waals surface area contributed by atoms with E-state index in [9.17, 15) is 0 Å². The van der Waals surface area contributed by atoms with Crippen molar-refractivity contribution >= 4 is 46.8 Å². The van der Waals surface area contributed by atoms with Gasteiger partial charge in [-0.3, -0.25) is 0 Å². The maximum Gasteiger partial charge on any atom is 0.0117 e. The summed E-state index contributed by atoms with van der Waals surface area (Å²) in [6.45, 7) is 0. The Labute approximate surface area is 75.1 Å². The van der Waals surface area contributed by atoms with Crippen molar-refractivity contribution in [1.82, 2.24) is 0 Å². The maximum atomic E-state index is 4.31. The molecule has 1 rings (SSSR count). The first kappa shape index (κ1) is 8.50. The quantitative estimate of drug-likeness (QED) is 0.516. The van der Waals surface area contributed by atoms with Crippen LogP contribution in [0.1, 0.15) is 0 Å². The fourth-order valence-corrected chi connectivity index (χ4v) is 5.47. The van der Waals surface area contributed by atoms with Gasteiger partial charge in [0.1, 0.15) is 0 Å². The van der Waals surface area contributed by atoms with E-state index in [0.29, 0.717) is 5.41 Å². The Bertz CT molecular complexity index is 81.0. The Morgan fingerprint density at radius 1 is 1.11 bits per heavy atom. The molecule has 0 aromatic carbocycles.